The van der Waals surface area contributed by atoms with Crippen molar-refractivity contribution in [2.24, 2.45) is 0 Å². The highest BCUT2D eigenvalue weighted by molar-refractivity contribution is 7.98. The lowest BCUT2D eigenvalue weighted by molar-refractivity contribution is 0.0464. The zero-order valence-corrected chi connectivity index (χ0v) is 12.7. The fourth-order valence-electron chi connectivity index (χ4n) is 1.30. The van der Waals surface area contributed by atoms with Crippen LogP contribution in [0.25, 0.3) is 0 Å². The van der Waals surface area contributed by atoms with E-state index in [-0.39, 0.29) is 17.3 Å². The SMILES string of the molecule is CSc1ncc(Cl)c(C(=O)OCc2ccc(Cl)nc2)n1. The quantitative estimate of drug-likeness (QED) is 0.371. The van der Waals surface area contributed by atoms with Gasteiger partial charge in [0.15, 0.2) is 10.9 Å². The van der Waals surface area contributed by atoms with Crippen molar-refractivity contribution in [2.75, 3.05) is 6.26 Å². The average molecular weight is 330 g/mol. The summed E-state index contributed by atoms with van der Waals surface area (Å²) in [7, 11) is 0. The molecule has 2 heterocycles. The second-order valence-corrected chi connectivity index (χ2v) is 5.19. The summed E-state index contributed by atoms with van der Waals surface area (Å²) in [6, 6.07) is 3.34. The van der Waals surface area contributed by atoms with Crippen molar-refractivity contribution in [3.05, 3.63) is 46.0 Å². The molecule has 0 aliphatic rings. The van der Waals surface area contributed by atoms with Gasteiger partial charge in [0.2, 0.25) is 0 Å². The van der Waals surface area contributed by atoms with Gasteiger partial charge in [0.1, 0.15) is 11.8 Å². The van der Waals surface area contributed by atoms with Gasteiger partial charge in [-0.05, 0) is 12.3 Å². The number of pyridine rings is 1. The van der Waals surface area contributed by atoms with Gasteiger partial charge in [0.05, 0.1) is 11.2 Å². The van der Waals surface area contributed by atoms with Crippen LogP contribution in [0, 0.1) is 0 Å². The van der Waals surface area contributed by atoms with Gasteiger partial charge in [-0.2, -0.15) is 0 Å². The van der Waals surface area contributed by atoms with Gasteiger partial charge in [-0.1, -0.05) is 41.0 Å². The second kappa shape index (κ2) is 6.88. The van der Waals surface area contributed by atoms with E-state index in [0.717, 1.165) is 5.56 Å². The van der Waals surface area contributed by atoms with Crippen LogP contribution in [0.3, 0.4) is 0 Å². The van der Waals surface area contributed by atoms with Crippen LogP contribution in [0.4, 0.5) is 0 Å². The minimum atomic E-state index is -0.609. The standard InChI is InChI=1S/C12H9Cl2N3O2S/c1-20-12-16-5-8(13)10(17-12)11(18)19-6-7-2-3-9(14)15-4-7/h2-5H,6H2,1H3. The largest absolute Gasteiger partial charge is 0.456 e. The summed E-state index contributed by atoms with van der Waals surface area (Å²) >= 11 is 12.9. The summed E-state index contributed by atoms with van der Waals surface area (Å²) in [6.07, 6.45) is 4.71. The Hall–Kier alpha value is -1.37. The van der Waals surface area contributed by atoms with Crippen molar-refractivity contribution >= 4 is 40.9 Å². The summed E-state index contributed by atoms with van der Waals surface area (Å²) in [5, 5.41) is 0.986. The van der Waals surface area contributed by atoms with E-state index in [0.29, 0.717) is 10.3 Å². The smallest absolute Gasteiger partial charge is 0.358 e. The molecule has 0 amide bonds. The number of hydrogen-bond acceptors (Lipinski definition) is 6. The van der Waals surface area contributed by atoms with Gasteiger partial charge in [0.25, 0.3) is 0 Å². The lowest BCUT2D eigenvalue weighted by Crippen LogP contribution is -2.09. The van der Waals surface area contributed by atoms with Gasteiger partial charge >= 0.3 is 5.97 Å². The monoisotopic (exact) mass is 329 g/mol. The van der Waals surface area contributed by atoms with Gasteiger partial charge < -0.3 is 4.74 Å². The molecule has 0 saturated heterocycles. The topological polar surface area (TPSA) is 65.0 Å². The van der Waals surface area contributed by atoms with Crippen molar-refractivity contribution < 1.29 is 9.53 Å². The highest BCUT2D eigenvalue weighted by atomic mass is 35.5. The van der Waals surface area contributed by atoms with Crippen LogP contribution in [0.15, 0.2) is 29.7 Å². The first-order chi connectivity index (χ1) is 9.60. The fraction of sp³-hybridized carbons (Fsp3) is 0.167. The number of halogens is 2. The van der Waals surface area contributed by atoms with Crippen molar-refractivity contribution in [1.29, 1.82) is 0 Å². The Morgan fingerprint density at radius 2 is 2.10 bits per heavy atom. The average Bonchev–Trinajstić information content (AvgIpc) is 2.47. The summed E-state index contributed by atoms with van der Waals surface area (Å²) in [6.45, 7) is 0.0674. The molecule has 0 N–H and O–H groups in total. The number of ether oxygens (including phenoxy) is 1. The van der Waals surface area contributed by atoms with Gasteiger partial charge in [-0.3, -0.25) is 0 Å². The summed E-state index contributed by atoms with van der Waals surface area (Å²) < 4.78 is 5.13. The van der Waals surface area contributed by atoms with E-state index in [1.54, 1.807) is 18.4 Å². The zero-order chi connectivity index (χ0) is 14.5. The van der Waals surface area contributed by atoms with Crippen LogP contribution in [0.5, 0.6) is 0 Å². The Labute approximate surface area is 129 Å². The maximum Gasteiger partial charge on any atom is 0.358 e. The Balaban J connectivity index is 2.06. The predicted octanol–water partition coefficient (Wildman–Crippen LogP) is 3.26. The number of nitrogens with zero attached hydrogens (tertiary/aromatic N) is 3. The summed E-state index contributed by atoms with van der Waals surface area (Å²) in [4.78, 5) is 23.8. The Bertz CT molecular complexity index is 623. The molecule has 0 bridgehead atoms. The lowest BCUT2D eigenvalue weighted by atomic mass is 10.3. The van der Waals surface area contributed by atoms with E-state index >= 15 is 0 Å². The van der Waals surface area contributed by atoms with Gasteiger partial charge in [-0.25, -0.2) is 19.7 Å². The number of carbonyl (C=O) groups is 1. The van der Waals surface area contributed by atoms with E-state index in [9.17, 15) is 4.79 Å². The van der Waals surface area contributed by atoms with Gasteiger partial charge in [0, 0.05) is 11.8 Å². The maximum absolute atomic E-state index is 11.9. The Morgan fingerprint density at radius 1 is 1.30 bits per heavy atom. The molecule has 0 aliphatic heterocycles. The Morgan fingerprint density at radius 3 is 2.75 bits per heavy atom. The normalized spacial score (nSPS) is 10.3. The van der Waals surface area contributed by atoms with Crippen LogP contribution in [0.1, 0.15) is 16.1 Å². The zero-order valence-electron chi connectivity index (χ0n) is 10.3. The van der Waals surface area contributed by atoms with Crippen LogP contribution >= 0.6 is 35.0 Å². The third-order valence-corrected chi connectivity index (χ3v) is 3.32. The highest BCUT2D eigenvalue weighted by Crippen LogP contribution is 2.18. The number of carbonyl (C=O) groups excluding carboxylic acids is 1. The van der Waals surface area contributed by atoms with E-state index in [2.05, 4.69) is 15.0 Å². The Kier molecular flexibility index (Phi) is 5.17. The van der Waals surface area contributed by atoms with Crippen LogP contribution in [0.2, 0.25) is 10.2 Å². The maximum atomic E-state index is 11.9. The molecule has 0 spiro atoms. The highest BCUT2D eigenvalue weighted by Gasteiger charge is 2.15. The van der Waals surface area contributed by atoms with E-state index in [1.807, 2.05) is 0 Å². The molecule has 2 rings (SSSR count). The predicted molar refractivity (Wildman–Crippen MR) is 77.2 cm³/mol. The van der Waals surface area contributed by atoms with E-state index in [1.165, 1.54) is 24.2 Å². The molecule has 8 heteroatoms. The molecular formula is C12H9Cl2N3O2S. The minimum Gasteiger partial charge on any atom is -0.456 e. The van der Waals surface area contributed by atoms with Crippen molar-refractivity contribution in [3.8, 4) is 0 Å². The number of hydrogen-bond donors (Lipinski definition) is 0. The van der Waals surface area contributed by atoms with Crippen LogP contribution in [-0.4, -0.2) is 27.2 Å². The number of aromatic nitrogens is 3. The molecule has 20 heavy (non-hydrogen) atoms. The third kappa shape index (κ3) is 3.82. The minimum absolute atomic E-state index is 0.0490. The first-order valence-electron chi connectivity index (χ1n) is 5.44. The molecular weight excluding hydrogens is 321 g/mol. The molecule has 0 saturated carbocycles. The first kappa shape index (κ1) is 15.0. The lowest BCUT2D eigenvalue weighted by Gasteiger charge is -2.06. The fourth-order valence-corrected chi connectivity index (χ4v) is 1.92. The van der Waals surface area contributed by atoms with E-state index < -0.39 is 5.97 Å². The van der Waals surface area contributed by atoms with Crippen LogP contribution < -0.4 is 0 Å². The summed E-state index contributed by atoms with van der Waals surface area (Å²) in [5.41, 5.74) is 0.769. The molecule has 0 atom stereocenters. The van der Waals surface area contributed by atoms with Crippen molar-refractivity contribution in [2.45, 2.75) is 11.8 Å². The molecule has 2 aromatic rings. The molecule has 0 aliphatic carbocycles. The molecule has 104 valence electrons. The summed E-state index contributed by atoms with van der Waals surface area (Å²) in [5.74, 6) is -0.609. The number of thioether (sulfide) groups is 1. The third-order valence-electron chi connectivity index (χ3n) is 2.26. The van der Waals surface area contributed by atoms with Gasteiger partial charge in [-0.15, -0.1) is 0 Å². The molecule has 5 nitrogen and oxygen atoms in total. The first-order valence-corrected chi connectivity index (χ1v) is 7.42. The van der Waals surface area contributed by atoms with E-state index in [4.69, 9.17) is 27.9 Å². The number of esters is 1. The van der Waals surface area contributed by atoms with Crippen molar-refractivity contribution in [1.82, 2.24) is 15.0 Å². The van der Waals surface area contributed by atoms with Crippen LogP contribution in [-0.2, 0) is 11.3 Å². The number of rotatable bonds is 4. The molecule has 0 radical (unpaired) electrons. The molecule has 0 unspecified atom stereocenters. The van der Waals surface area contributed by atoms with Crippen molar-refractivity contribution in [3.63, 3.8) is 0 Å². The second-order valence-electron chi connectivity index (χ2n) is 3.62. The molecule has 0 aromatic carbocycles. The molecule has 0 fully saturated rings. The molecule has 2 aromatic heterocycles.